The molecule has 2 heterocycles. The average Bonchev–Trinajstić information content (AvgIpc) is 2.96. The van der Waals surface area contributed by atoms with Crippen molar-refractivity contribution in [2.45, 2.75) is 25.8 Å². The van der Waals surface area contributed by atoms with E-state index in [0.29, 0.717) is 0 Å². The van der Waals surface area contributed by atoms with Gasteiger partial charge in [-0.15, -0.1) is 11.3 Å². The Hall–Kier alpha value is -1.39. The molecule has 2 aromatic heterocycles. The summed E-state index contributed by atoms with van der Waals surface area (Å²) < 4.78 is 5.43. The molecule has 0 saturated carbocycles. The van der Waals surface area contributed by atoms with Gasteiger partial charge in [-0.2, -0.15) is 0 Å². The molecular weight excluding hydrogens is 256 g/mol. The number of nitrogens with one attached hydrogen (secondary N) is 1. The molecule has 1 N–H and O–H groups in total. The molecule has 0 fully saturated rings. The SMILES string of the molecule is CCCNC(Cc1cccs1)c1ncccc1OC. The van der Waals surface area contributed by atoms with Gasteiger partial charge in [-0.3, -0.25) is 4.98 Å². The molecule has 4 heteroatoms. The molecule has 2 aromatic rings. The predicted octanol–water partition coefficient (Wildman–Crippen LogP) is 3.44. The van der Waals surface area contributed by atoms with Crippen molar-refractivity contribution in [3.8, 4) is 5.75 Å². The lowest BCUT2D eigenvalue weighted by molar-refractivity contribution is 0.393. The lowest BCUT2D eigenvalue weighted by Crippen LogP contribution is -2.25. The monoisotopic (exact) mass is 276 g/mol. The number of pyridine rings is 1. The Labute approximate surface area is 118 Å². The number of hydrogen-bond donors (Lipinski definition) is 1. The number of rotatable bonds is 7. The second-order valence-corrected chi connectivity index (χ2v) is 5.41. The lowest BCUT2D eigenvalue weighted by atomic mass is 10.1. The zero-order valence-corrected chi connectivity index (χ0v) is 12.2. The maximum atomic E-state index is 5.43. The first kappa shape index (κ1) is 14.0. The third kappa shape index (κ3) is 3.78. The van der Waals surface area contributed by atoms with E-state index in [4.69, 9.17) is 4.74 Å². The molecule has 3 nitrogen and oxygen atoms in total. The normalized spacial score (nSPS) is 12.3. The number of nitrogens with zero attached hydrogens (tertiary/aromatic N) is 1. The fourth-order valence-electron chi connectivity index (χ4n) is 2.05. The Morgan fingerprint density at radius 3 is 2.95 bits per heavy atom. The summed E-state index contributed by atoms with van der Waals surface area (Å²) in [6, 6.07) is 8.34. The molecular formula is C15H20N2OS. The molecule has 1 unspecified atom stereocenters. The van der Waals surface area contributed by atoms with Crippen molar-refractivity contribution in [2.75, 3.05) is 13.7 Å². The highest BCUT2D eigenvalue weighted by Gasteiger charge is 2.17. The van der Waals surface area contributed by atoms with E-state index in [1.807, 2.05) is 18.3 Å². The summed E-state index contributed by atoms with van der Waals surface area (Å²) in [4.78, 5) is 5.86. The maximum absolute atomic E-state index is 5.43. The van der Waals surface area contributed by atoms with E-state index >= 15 is 0 Å². The van der Waals surface area contributed by atoms with Gasteiger partial charge in [0.1, 0.15) is 5.75 Å². The van der Waals surface area contributed by atoms with Crippen LogP contribution in [0.25, 0.3) is 0 Å². The van der Waals surface area contributed by atoms with Gasteiger partial charge in [0, 0.05) is 17.5 Å². The second-order valence-electron chi connectivity index (χ2n) is 4.38. The van der Waals surface area contributed by atoms with Gasteiger partial charge in [-0.05, 0) is 36.5 Å². The standard InChI is InChI=1S/C15H20N2OS/c1-3-8-16-13(11-12-6-5-10-19-12)15-14(18-2)7-4-9-17-15/h4-7,9-10,13,16H,3,8,11H2,1-2H3. The number of ether oxygens (including phenoxy) is 1. The molecule has 2 rings (SSSR count). The highest BCUT2D eigenvalue weighted by Crippen LogP contribution is 2.26. The molecule has 0 aliphatic rings. The number of aromatic nitrogens is 1. The van der Waals surface area contributed by atoms with Crippen LogP contribution in [0.15, 0.2) is 35.8 Å². The Morgan fingerprint density at radius 2 is 2.26 bits per heavy atom. The van der Waals surface area contributed by atoms with Crippen LogP contribution in [0.2, 0.25) is 0 Å². The predicted molar refractivity (Wildman–Crippen MR) is 79.8 cm³/mol. The summed E-state index contributed by atoms with van der Waals surface area (Å²) >= 11 is 1.78. The van der Waals surface area contributed by atoms with Crippen LogP contribution in [0.3, 0.4) is 0 Å². The molecule has 0 saturated heterocycles. The fraction of sp³-hybridized carbons (Fsp3) is 0.400. The number of hydrogen-bond acceptors (Lipinski definition) is 4. The number of thiophene rings is 1. The van der Waals surface area contributed by atoms with Crippen LogP contribution < -0.4 is 10.1 Å². The zero-order valence-electron chi connectivity index (χ0n) is 11.4. The van der Waals surface area contributed by atoms with Gasteiger partial charge < -0.3 is 10.1 Å². The summed E-state index contributed by atoms with van der Waals surface area (Å²) in [6.45, 7) is 3.15. The minimum atomic E-state index is 0.203. The molecule has 0 radical (unpaired) electrons. The minimum Gasteiger partial charge on any atom is -0.495 e. The van der Waals surface area contributed by atoms with Crippen molar-refractivity contribution in [2.24, 2.45) is 0 Å². The van der Waals surface area contributed by atoms with E-state index in [1.54, 1.807) is 18.4 Å². The average molecular weight is 276 g/mol. The third-order valence-corrected chi connectivity index (χ3v) is 3.87. The second kappa shape index (κ2) is 7.26. The summed E-state index contributed by atoms with van der Waals surface area (Å²) in [7, 11) is 1.70. The number of methoxy groups -OCH3 is 1. The van der Waals surface area contributed by atoms with Crippen LogP contribution in [0, 0.1) is 0 Å². The van der Waals surface area contributed by atoms with Gasteiger partial charge in [0.25, 0.3) is 0 Å². The van der Waals surface area contributed by atoms with Gasteiger partial charge in [-0.25, -0.2) is 0 Å². The van der Waals surface area contributed by atoms with Crippen molar-refractivity contribution >= 4 is 11.3 Å². The Kier molecular flexibility index (Phi) is 5.36. The summed E-state index contributed by atoms with van der Waals surface area (Å²) in [6.07, 6.45) is 3.88. The molecule has 0 spiro atoms. The molecule has 0 amide bonds. The van der Waals surface area contributed by atoms with Gasteiger partial charge >= 0.3 is 0 Å². The molecule has 0 aliphatic heterocycles. The summed E-state index contributed by atoms with van der Waals surface area (Å²) in [5, 5.41) is 5.68. The first-order valence-corrected chi connectivity index (χ1v) is 7.47. The topological polar surface area (TPSA) is 34.2 Å². The van der Waals surface area contributed by atoms with E-state index in [9.17, 15) is 0 Å². The van der Waals surface area contributed by atoms with Crippen LogP contribution in [0.1, 0.15) is 30.0 Å². The highest BCUT2D eigenvalue weighted by atomic mass is 32.1. The zero-order chi connectivity index (χ0) is 13.5. The van der Waals surface area contributed by atoms with E-state index in [-0.39, 0.29) is 6.04 Å². The van der Waals surface area contributed by atoms with Gasteiger partial charge in [0.2, 0.25) is 0 Å². The smallest absolute Gasteiger partial charge is 0.141 e. The Morgan fingerprint density at radius 1 is 1.37 bits per heavy atom. The van der Waals surface area contributed by atoms with E-state index < -0.39 is 0 Å². The van der Waals surface area contributed by atoms with Crippen LogP contribution >= 0.6 is 11.3 Å². The van der Waals surface area contributed by atoms with Crippen LogP contribution in [-0.4, -0.2) is 18.6 Å². The van der Waals surface area contributed by atoms with Gasteiger partial charge in [0.15, 0.2) is 0 Å². The summed E-state index contributed by atoms with van der Waals surface area (Å²) in [5.41, 5.74) is 0.992. The molecule has 19 heavy (non-hydrogen) atoms. The molecule has 0 bridgehead atoms. The fourth-order valence-corrected chi connectivity index (χ4v) is 2.80. The van der Waals surface area contributed by atoms with Crippen molar-refractivity contribution in [1.29, 1.82) is 0 Å². The third-order valence-electron chi connectivity index (χ3n) is 2.98. The van der Waals surface area contributed by atoms with Crippen molar-refractivity contribution in [3.63, 3.8) is 0 Å². The van der Waals surface area contributed by atoms with E-state index in [0.717, 1.165) is 30.8 Å². The minimum absolute atomic E-state index is 0.203. The van der Waals surface area contributed by atoms with Gasteiger partial charge in [0.05, 0.1) is 18.8 Å². The molecule has 0 aliphatic carbocycles. The lowest BCUT2D eigenvalue weighted by Gasteiger charge is -2.19. The quantitative estimate of drug-likeness (QED) is 0.841. The van der Waals surface area contributed by atoms with Crippen molar-refractivity contribution < 1.29 is 4.74 Å². The molecule has 0 aromatic carbocycles. The van der Waals surface area contributed by atoms with E-state index in [2.05, 4.69) is 34.7 Å². The Bertz CT molecular complexity index is 485. The van der Waals surface area contributed by atoms with Crippen LogP contribution in [0.4, 0.5) is 0 Å². The largest absolute Gasteiger partial charge is 0.495 e. The first-order valence-electron chi connectivity index (χ1n) is 6.59. The molecule has 1 atom stereocenters. The van der Waals surface area contributed by atoms with Crippen molar-refractivity contribution in [1.82, 2.24) is 10.3 Å². The van der Waals surface area contributed by atoms with E-state index in [1.165, 1.54) is 4.88 Å². The van der Waals surface area contributed by atoms with Crippen LogP contribution in [0.5, 0.6) is 5.75 Å². The maximum Gasteiger partial charge on any atom is 0.141 e. The van der Waals surface area contributed by atoms with Crippen LogP contribution in [-0.2, 0) is 6.42 Å². The van der Waals surface area contributed by atoms with Crippen molar-refractivity contribution in [3.05, 3.63) is 46.4 Å². The van der Waals surface area contributed by atoms with Gasteiger partial charge in [-0.1, -0.05) is 13.0 Å². The highest BCUT2D eigenvalue weighted by molar-refractivity contribution is 7.09. The molecule has 102 valence electrons. The summed E-state index contributed by atoms with van der Waals surface area (Å²) in [5.74, 6) is 0.854. The first-order chi connectivity index (χ1) is 9.35. The Balaban J connectivity index is 2.20.